The molecule has 4 aromatic rings. The third kappa shape index (κ3) is 4.32. The van der Waals surface area contributed by atoms with Crippen molar-refractivity contribution in [2.24, 2.45) is 0 Å². The minimum absolute atomic E-state index is 0.117. The van der Waals surface area contributed by atoms with E-state index in [1.165, 1.54) is 17.6 Å². The molecule has 1 aromatic heterocycles. The fourth-order valence-electron chi connectivity index (χ4n) is 3.70. The lowest BCUT2D eigenvalue weighted by Crippen LogP contribution is -2.14. The van der Waals surface area contributed by atoms with Crippen LogP contribution in [0.25, 0.3) is 0 Å². The molecule has 7 heteroatoms. The number of H-pyrrole nitrogens is 1. The Morgan fingerprint density at radius 2 is 1.84 bits per heavy atom. The molecule has 154 valence electrons. The number of nitrogens with one attached hydrogen (secondary N) is 2. The van der Waals surface area contributed by atoms with Crippen LogP contribution in [0.2, 0.25) is 0 Å². The van der Waals surface area contributed by atoms with Crippen LogP contribution in [0.3, 0.4) is 0 Å². The van der Waals surface area contributed by atoms with Crippen molar-refractivity contribution < 1.29 is 4.79 Å². The second-order valence-electron chi connectivity index (χ2n) is 7.31. The molecular weight excluding hydrogens is 406 g/mol. The van der Waals surface area contributed by atoms with Gasteiger partial charge in [-0.05, 0) is 60.0 Å². The summed E-state index contributed by atoms with van der Waals surface area (Å²) in [5.41, 5.74) is 6.31. The summed E-state index contributed by atoms with van der Waals surface area (Å²) in [6.07, 6.45) is 2.55. The maximum absolute atomic E-state index is 12.6. The number of aromatic amines is 1. The van der Waals surface area contributed by atoms with E-state index in [0.717, 1.165) is 40.8 Å². The highest BCUT2D eigenvalue weighted by atomic mass is 32.2. The molecular formula is C24H21N5OS. The molecule has 0 saturated carbocycles. The highest BCUT2D eigenvalue weighted by Crippen LogP contribution is 2.34. The number of hydrogen-bond donors (Lipinski definition) is 2. The quantitative estimate of drug-likeness (QED) is 0.422. The Morgan fingerprint density at radius 3 is 2.61 bits per heavy atom. The molecule has 0 fully saturated rings. The van der Waals surface area contributed by atoms with Crippen molar-refractivity contribution in [2.45, 2.75) is 17.3 Å². The molecule has 0 spiro atoms. The molecule has 0 bridgehead atoms. The van der Waals surface area contributed by atoms with E-state index in [4.69, 9.17) is 0 Å². The molecule has 1 amide bonds. The summed E-state index contributed by atoms with van der Waals surface area (Å²) in [6, 6.07) is 24.2. The van der Waals surface area contributed by atoms with Crippen molar-refractivity contribution in [1.82, 2.24) is 15.2 Å². The molecule has 31 heavy (non-hydrogen) atoms. The van der Waals surface area contributed by atoms with Gasteiger partial charge in [-0.25, -0.2) is 4.98 Å². The Balaban J connectivity index is 1.20. The Kier molecular flexibility index (Phi) is 5.41. The Morgan fingerprint density at radius 1 is 1.03 bits per heavy atom. The van der Waals surface area contributed by atoms with Crippen LogP contribution in [0.5, 0.6) is 0 Å². The van der Waals surface area contributed by atoms with Crippen molar-refractivity contribution in [1.29, 1.82) is 0 Å². The first-order chi connectivity index (χ1) is 15.3. The summed E-state index contributed by atoms with van der Waals surface area (Å²) in [5.74, 6) is 0.645. The topological polar surface area (TPSA) is 73.9 Å². The number of benzene rings is 3. The molecule has 0 radical (unpaired) electrons. The second kappa shape index (κ2) is 8.65. The lowest BCUT2D eigenvalue weighted by molar-refractivity contribution is 0.102. The summed E-state index contributed by atoms with van der Waals surface area (Å²) < 4.78 is 0. The van der Waals surface area contributed by atoms with Crippen LogP contribution in [-0.2, 0) is 12.2 Å². The smallest absolute Gasteiger partial charge is 0.255 e. The van der Waals surface area contributed by atoms with E-state index in [9.17, 15) is 4.79 Å². The van der Waals surface area contributed by atoms with Gasteiger partial charge in [-0.2, -0.15) is 5.10 Å². The van der Waals surface area contributed by atoms with Gasteiger partial charge in [0.25, 0.3) is 5.91 Å². The number of nitrogens with zero attached hydrogens (tertiary/aromatic N) is 3. The number of amides is 1. The average molecular weight is 428 g/mol. The number of aromatic nitrogens is 3. The van der Waals surface area contributed by atoms with Gasteiger partial charge in [0.2, 0.25) is 0 Å². The number of rotatable bonds is 6. The second-order valence-corrected chi connectivity index (χ2v) is 8.27. The van der Waals surface area contributed by atoms with Gasteiger partial charge in [0.15, 0.2) is 5.16 Å². The first-order valence-electron chi connectivity index (χ1n) is 10.1. The Bertz CT molecular complexity index is 1170. The number of thioether (sulfide) groups is 1. The fourth-order valence-corrected chi connectivity index (χ4v) is 4.44. The standard InChI is InChI=1S/C24H21N5OS/c30-23(19-7-5-17(6-8-19)15-31-24-25-16-26-28-24)27-20-9-11-21(12-10-20)29-14-13-18-3-1-2-4-22(18)29/h1-12,16H,13-15H2,(H,27,30)(H,25,26,28). The molecule has 2 N–H and O–H groups in total. The number of para-hydroxylation sites is 1. The highest BCUT2D eigenvalue weighted by Gasteiger charge is 2.19. The zero-order chi connectivity index (χ0) is 21.0. The van der Waals surface area contributed by atoms with Crippen LogP contribution < -0.4 is 10.2 Å². The van der Waals surface area contributed by atoms with Crippen LogP contribution in [0.1, 0.15) is 21.5 Å². The van der Waals surface area contributed by atoms with Crippen LogP contribution in [0, 0.1) is 0 Å². The molecule has 0 atom stereocenters. The lowest BCUT2D eigenvalue weighted by Gasteiger charge is -2.20. The lowest BCUT2D eigenvalue weighted by atomic mass is 10.1. The summed E-state index contributed by atoms with van der Waals surface area (Å²) in [6.45, 7) is 0.978. The first-order valence-corrected chi connectivity index (χ1v) is 11.1. The first kappa shape index (κ1) is 19.4. The number of carbonyl (C=O) groups excluding carboxylic acids is 1. The van der Waals surface area contributed by atoms with E-state index < -0.39 is 0 Å². The zero-order valence-corrected chi connectivity index (χ0v) is 17.6. The summed E-state index contributed by atoms with van der Waals surface area (Å²) >= 11 is 1.57. The van der Waals surface area contributed by atoms with Crippen molar-refractivity contribution in [3.8, 4) is 0 Å². The molecule has 0 aliphatic carbocycles. The summed E-state index contributed by atoms with van der Waals surface area (Å²) in [4.78, 5) is 19.0. The molecule has 2 heterocycles. The van der Waals surface area contributed by atoms with E-state index in [0.29, 0.717) is 5.56 Å². The number of anilines is 3. The molecule has 6 nitrogen and oxygen atoms in total. The van der Waals surface area contributed by atoms with Crippen LogP contribution in [-0.4, -0.2) is 27.6 Å². The summed E-state index contributed by atoms with van der Waals surface area (Å²) in [7, 11) is 0. The van der Waals surface area contributed by atoms with E-state index >= 15 is 0 Å². The van der Waals surface area contributed by atoms with Crippen molar-refractivity contribution in [3.05, 3.63) is 95.8 Å². The van der Waals surface area contributed by atoms with Gasteiger partial charge < -0.3 is 10.2 Å². The fraction of sp³-hybridized carbons (Fsp3) is 0.125. The van der Waals surface area contributed by atoms with Gasteiger partial charge in [0.05, 0.1) is 0 Å². The third-order valence-corrected chi connectivity index (χ3v) is 6.26. The van der Waals surface area contributed by atoms with Gasteiger partial charge in [-0.1, -0.05) is 42.1 Å². The van der Waals surface area contributed by atoms with Crippen LogP contribution in [0.15, 0.2) is 84.3 Å². The number of fused-ring (bicyclic) bond motifs is 1. The van der Waals surface area contributed by atoms with Crippen LogP contribution in [0.4, 0.5) is 17.1 Å². The molecule has 5 rings (SSSR count). The Labute approximate surface area is 184 Å². The van der Waals surface area contributed by atoms with Gasteiger partial charge in [-0.15, -0.1) is 0 Å². The van der Waals surface area contributed by atoms with Crippen LogP contribution >= 0.6 is 11.8 Å². The number of carbonyl (C=O) groups is 1. The van der Waals surface area contributed by atoms with Crippen molar-refractivity contribution >= 4 is 34.7 Å². The van der Waals surface area contributed by atoms with Gasteiger partial charge in [-0.3, -0.25) is 9.89 Å². The molecule has 0 saturated heterocycles. The van der Waals surface area contributed by atoms with Gasteiger partial charge in [0.1, 0.15) is 6.33 Å². The molecule has 1 aliphatic heterocycles. The Hall–Kier alpha value is -3.58. The largest absolute Gasteiger partial charge is 0.341 e. The monoisotopic (exact) mass is 427 g/mol. The van der Waals surface area contributed by atoms with Crippen molar-refractivity contribution in [3.63, 3.8) is 0 Å². The van der Waals surface area contributed by atoms with E-state index in [1.54, 1.807) is 11.8 Å². The predicted molar refractivity (Wildman–Crippen MR) is 124 cm³/mol. The molecule has 3 aromatic carbocycles. The molecule has 0 unspecified atom stereocenters. The maximum atomic E-state index is 12.6. The minimum Gasteiger partial charge on any atom is -0.341 e. The normalized spacial score (nSPS) is 12.6. The highest BCUT2D eigenvalue weighted by molar-refractivity contribution is 7.98. The molecule has 1 aliphatic rings. The third-order valence-electron chi connectivity index (χ3n) is 5.31. The van der Waals surface area contributed by atoms with Crippen molar-refractivity contribution in [2.75, 3.05) is 16.8 Å². The summed E-state index contributed by atoms with van der Waals surface area (Å²) in [5, 5.41) is 10.4. The van der Waals surface area contributed by atoms with Gasteiger partial charge >= 0.3 is 0 Å². The van der Waals surface area contributed by atoms with E-state index in [1.807, 2.05) is 36.4 Å². The zero-order valence-electron chi connectivity index (χ0n) is 16.8. The predicted octanol–water partition coefficient (Wildman–Crippen LogP) is 5.04. The number of hydrogen-bond acceptors (Lipinski definition) is 5. The SMILES string of the molecule is O=C(Nc1ccc(N2CCc3ccccc32)cc1)c1ccc(CSc2ncn[nH]2)cc1. The van der Waals surface area contributed by atoms with E-state index in [-0.39, 0.29) is 5.91 Å². The van der Waals surface area contributed by atoms with E-state index in [2.05, 4.69) is 61.8 Å². The van der Waals surface area contributed by atoms with Gasteiger partial charge in [0, 0.05) is 34.9 Å². The minimum atomic E-state index is -0.117. The average Bonchev–Trinajstić information content (AvgIpc) is 3.49. The maximum Gasteiger partial charge on any atom is 0.255 e.